The van der Waals surface area contributed by atoms with E-state index in [9.17, 15) is 4.79 Å². The lowest BCUT2D eigenvalue weighted by Gasteiger charge is -2.11. The molecule has 2 heterocycles. The van der Waals surface area contributed by atoms with E-state index in [1.54, 1.807) is 31.8 Å². The molecule has 0 radical (unpaired) electrons. The molecule has 1 amide bonds. The van der Waals surface area contributed by atoms with Gasteiger partial charge in [0, 0.05) is 30.8 Å². The van der Waals surface area contributed by atoms with Gasteiger partial charge in [0.15, 0.2) is 0 Å². The molecule has 0 fully saturated rings. The van der Waals surface area contributed by atoms with Gasteiger partial charge in [0.2, 0.25) is 0 Å². The number of carbonyl (C=O) groups excluding carboxylic acids is 1. The van der Waals surface area contributed by atoms with Gasteiger partial charge in [-0.25, -0.2) is 0 Å². The number of aryl methyl sites for hydroxylation is 1. The van der Waals surface area contributed by atoms with E-state index < -0.39 is 0 Å². The van der Waals surface area contributed by atoms with Crippen molar-refractivity contribution in [2.75, 3.05) is 17.7 Å². The summed E-state index contributed by atoms with van der Waals surface area (Å²) in [5.74, 6) is 0.314. The zero-order valence-corrected chi connectivity index (χ0v) is 14.7. The largest absolute Gasteiger partial charge is 0.495 e. The second-order valence-corrected chi connectivity index (χ2v) is 5.80. The van der Waals surface area contributed by atoms with Crippen molar-refractivity contribution in [3.05, 3.63) is 77.9 Å². The summed E-state index contributed by atoms with van der Waals surface area (Å²) in [6.45, 7) is 2.57. The Morgan fingerprint density at radius 3 is 2.81 bits per heavy atom. The summed E-state index contributed by atoms with van der Waals surface area (Å²) in [4.78, 5) is 20.8. The highest BCUT2D eigenvalue weighted by molar-refractivity contribution is 6.04. The molecule has 132 valence electrons. The average molecular weight is 348 g/mol. The molecular weight excluding hydrogens is 328 g/mol. The predicted octanol–water partition coefficient (Wildman–Crippen LogP) is 3.66. The number of hydrogen-bond donors (Lipinski definition) is 2. The van der Waals surface area contributed by atoms with Gasteiger partial charge in [-0.15, -0.1) is 0 Å². The summed E-state index contributed by atoms with van der Waals surface area (Å²) < 4.78 is 5.29. The Bertz CT molecular complexity index is 897. The molecule has 0 aliphatic rings. The van der Waals surface area contributed by atoms with Crippen LogP contribution in [-0.4, -0.2) is 23.0 Å². The van der Waals surface area contributed by atoms with Gasteiger partial charge in [-0.3, -0.25) is 14.8 Å². The van der Waals surface area contributed by atoms with Crippen LogP contribution in [0.3, 0.4) is 0 Å². The van der Waals surface area contributed by atoms with Crippen LogP contribution in [0.2, 0.25) is 0 Å². The lowest BCUT2D eigenvalue weighted by Crippen LogP contribution is -2.15. The van der Waals surface area contributed by atoms with Crippen LogP contribution in [0.25, 0.3) is 0 Å². The number of aromatic nitrogens is 2. The first-order valence-corrected chi connectivity index (χ1v) is 8.20. The summed E-state index contributed by atoms with van der Waals surface area (Å²) in [6, 6.07) is 13.0. The zero-order valence-electron chi connectivity index (χ0n) is 14.7. The van der Waals surface area contributed by atoms with Crippen molar-refractivity contribution in [2.45, 2.75) is 13.5 Å². The van der Waals surface area contributed by atoms with Gasteiger partial charge in [0.1, 0.15) is 11.4 Å². The first kappa shape index (κ1) is 17.4. The second kappa shape index (κ2) is 8.11. The summed E-state index contributed by atoms with van der Waals surface area (Å²) in [5, 5.41) is 6.12. The third-order valence-electron chi connectivity index (χ3n) is 3.82. The number of anilines is 2. The topological polar surface area (TPSA) is 76.1 Å². The summed E-state index contributed by atoms with van der Waals surface area (Å²) >= 11 is 0. The van der Waals surface area contributed by atoms with E-state index in [-0.39, 0.29) is 5.91 Å². The molecule has 6 nitrogen and oxygen atoms in total. The molecule has 2 aromatic heterocycles. The summed E-state index contributed by atoms with van der Waals surface area (Å²) in [5.41, 5.74) is 3.84. The number of nitrogens with zero attached hydrogens (tertiary/aromatic N) is 2. The minimum atomic E-state index is -0.293. The molecule has 0 bridgehead atoms. The fourth-order valence-corrected chi connectivity index (χ4v) is 2.48. The van der Waals surface area contributed by atoms with Gasteiger partial charge >= 0.3 is 0 Å². The maximum atomic E-state index is 12.6. The van der Waals surface area contributed by atoms with E-state index >= 15 is 0 Å². The molecular formula is C20H20N4O2. The fraction of sp³-hybridized carbons (Fsp3) is 0.150. The van der Waals surface area contributed by atoms with Gasteiger partial charge in [0.25, 0.3) is 5.91 Å². The van der Waals surface area contributed by atoms with Crippen LogP contribution in [0.15, 0.2) is 61.1 Å². The lowest BCUT2D eigenvalue weighted by atomic mass is 10.2. The Balaban J connectivity index is 1.71. The summed E-state index contributed by atoms with van der Waals surface area (Å²) in [7, 11) is 1.57. The van der Waals surface area contributed by atoms with Crippen molar-refractivity contribution < 1.29 is 9.53 Å². The first-order valence-electron chi connectivity index (χ1n) is 8.20. The van der Waals surface area contributed by atoms with E-state index in [1.165, 1.54) is 0 Å². The van der Waals surface area contributed by atoms with Crippen molar-refractivity contribution in [3.8, 4) is 5.75 Å². The molecule has 0 saturated heterocycles. The van der Waals surface area contributed by atoms with Crippen LogP contribution in [0.4, 0.5) is 11.4 Å². The van der Waals surface area contributed by atoms with Gasteiger partial charge in [-0.05, 0) is 48.4 Å². The SMILES string of the molecule is COc1ccc(C)cc1NC(=O)c1cc(NCc2cccnc2)ccn1. The van der Waals surface area contributed by atoms with E-state index in [0.29, 0.717) is 23.7 Å². The molecule has 0 unspecified atom stereocenters. The summed E-state index contributed by atoms with van der Waals surface area (Å²) in [6.07, 6.45) is 5.14. The van der Waals surface area contributed by atoms with Gasteiger partial charge < -0.3 is 15.4 Å². The molecule has 0 saturated carbocycles. The van der Waals surface area contributed by atoms with Crippen LogP contribution in [0.1, 0.15) is 21.6 Å². The smallest absolute Gasteiger partial charge is 0.274 e. The quantitative estimate of drug-likeness (QED) is 0.711. The van der Waals surface area contributed by atoms with Crippen molar-refractivity contribution >= 4 is 17.3 Å². The van der Waals surface area contributed by atoms with Crippen LogP contribution in [-0.2, 0) is 6.54 Å². The van der Waals surface area contributed by atoms with Gasteiger partial charge in [-0.2, -0.15) is 0 Å². The number of benzene rings is 1. The maximum Gasteiger partial charge on any atom is 0.274 e. The number of ether oxygens (including phenoxy) is 1. The number of amides is 1. The molecule has 2 N–H and O–H groups in total. The predicted molar refractivity (Wildman–Crippen MR) is 101 cm³/mol. The molecule has 0 atom stereocenters. The van der Waals surface area contributed by atoms with E-state index in [4.69, 9.17) is 4.74 Å². The molecule has 3 aromatic rings. The van der Waals surface area contributed by atoms with Crippen LogP contribution in [0, 0.1) is 6.92 Å². The monoisotopic (exact) mass is 348 g/mol. The van der Waals surface area contributed by atoms with Crippen molar-refractivity contribution in [1.82, 2.24) is 9.97 Å². The molecule has 26 heavy (non-hydrogen) atoms. The highest BCUT2D eigenvalue weighted by Crippen LogP contribution is 2.25. The van der Waals surface area contributed by atoms with Crippen LogP contribution < -0.4 is 15.4 Å². The zero-order chi connectivity index (χ0) is 18.4. The highest BCUT2D eigenvalue weighted by Gasteiger charge is 2.12. The number of rotatable bonds is 6. The van der Waals surface area contributed by atoms with Gasteiger partial charge in [0.05, 0.1) is 12.8 Å². The Morgan fingerprint density at radius 2 is 2.04 bits per heavy atom. The highest BCUT2D eigenvalue weighted by atomic mass is 16.5. The number of nitrogens with one attached hydrogen (secondary N) is 2. The van der Waals surface area contributed by atoms with Crippen molar-refractivity contribution in [1.29, 1.82) is 0 Å². The molecule has 3 rings (SSSR count). The van der Waals surface area contributed by atoms with E-state index in [1.807, 2.05) is 43.3 Å². The number of hydrogen-bond acceptors (Lipinski definition) is 5. The lowest BCUT2D eigenvalue weighted by molar-refractivity contribution is 0.102. The minimum absolute atomic E-state index is 0.293. The number of pyridine rings is 2. The molecule has 6 heteroatoms. The normalized spacial score (nSPS) is 10.2. The molecule has 0 aliphatic heterocycles. The standard InChI is InChI=1S/C20H20N4O2/c1-14-5-6-19(26-2)17(10-14)24-20(25)18-11-16(7-9-22-18)23-13-15-4-3-8-21-12-15/h3-12H,13H2,1-2H3,(H,22,23)(H,24,25). The van der Waals surface area contributed by atoms with Crippen LogP contribution in [0.5, 0.6) is 5.75 Å². The Morgan fingerprint density at radius 1 is 1.15 bits per heavy atom. The van der Waals surface area contributed by atoms with E-state index in [2.05, 4.69) is 20.6 Å². The van der Waals surface area contributed by atoms with Crippen LogP contribution >= 0.6 is 0 Å². The van der Waals surface area contributed by atoms with E-state index in [0.717, 1.165) is 16.8 Å². The fourth-order valence-electron chi connectivity index (χ4n) is 2.48. The Kier molecular flexibility index (Phi) is 5.43. The minimum Gasteiger partial charge on any atom is -0.495 e. The molecule has 1 aromatic carbocycles. The molecule has 0 spiro atoms. The third-order valence-corrected chi connectivity index (χ3v) is 3.82. The average Bonchev–Trinajstić information content (AvgIpc) is 2.67. The molecule has 0 aliphatic carbocycles. The Hall–Kier alpha value is -3.41. The Labute approximate surface area is 152 Å². The van der Waals surface area contributed by atoms with Crippen molar-refractivity contribution in [2.24, 2.45) is 0 Å². The maximum absolute atomic E-state index is 12.6. The first-order chi connectivity index (χ1) is 12.7. The number of methoxy groups -OCH3 is 1. The number of carbonyl (C=O) groups is 1. The second-order valence-electron chi connectivity index (χ2n) is 5.80. The van der Waals surface area contributed by atoms with Gasteiger partial charge in [-0.1, -0.05) is 12.1 Å². The van der Waals surface area contributed by atoms with Crippen molar-refractivity contribution in [3.63, 3.8) is 0 Å². The third kappa shape index (κ3) is 4.36.